The third-order valence-electron chi connectivity index (χ3n) is 5.06. The highest BCUT2D eigenvalue weighted by atomic mass is 32.1. The Kier molecular flexibility index (Phi) is 4.83. The molecule has 4 nitrogen and oxygen atoms in total. The van der Waals surface area contributed by atoms with E-state index in [4.69, 9.17) is 0 Å². The van der Waals surface area contributed by atoms with Crippen molar-refractivity contribution in [3.05, 3.63) is 58.4 Å². The van der Waals surface area contributed by atoms with E-state index in [-0.39, 0.29) is 0 Å². The SMILES string of the molecule is CN(C)c1ccc(C=CC(O)c2cnc3sc4c(n23)CCCCC4)cc1. The summed E-state index contributed by atoms with van der Waals surface area (Å²) in [5.41, 5.74) is 4.49. The molecule has 26 heavy (non-hydrogen) atoms. The summed E-state index contributed by atoms with van der Waals surface area (Å²) in [5, 5.41) is 10.8. The minimum atomic E-state index is -0.652. The van der Waals surface area contributed by atoms with Gasteiger partial charge in [-0.1, -0.05) is 24.6 Å². The standard InChI is InChI=1S/C21H25N3OS/c1-23(2)16-11-8-15(9-12-16)10-13-19(25)18-14-22-21-24(18)17-6-4-3-5-7-20(17)26-21/h8-14,19,25H,3-7H2,1-2H3. The summed E-state index contributed by atoms with van der Waals surface area (Å²) in [5.74, 6) is 0. The smallest absolute Gasteiger partial charge is 0.194 e. The Hall–Kier alpha value is -2.11. The lowest BCUT2D eigenvalue weighted by Gasteiger charge is -2.12. The van der Waals surface area contributed by atoms with E-state index < -0.39 is 6.10 Å². The number of nitrogens with zero attached hydrogens (tertiary/aromatic N) is 3. The van der Waals surface area contributed by atoms with Crippen LogP contribution in [-0.4, -0.2) is 28.6 Å². The summed E-state index contributed by atoms with van der Waals surface area (Å²) >= 11 is 1.78. The number of anilines is 1. The minimum absolute atomic E-state index is 0.652. The van der Waals surface area contributed by atoms with Gasteiger partial charge in [0, 0.05) is 30.4 Å². The first-order valence-corrected chi connectivity index (χ1v) is 10.1. The van der Waals surface area contributed by atoms with Crippen LogP contribution in [0.25, 0.3) is 11.0 Å². The molecule has 1 aliphatic carbocycles. The molecular weight excluding hydrogens is 342 g/mol. The van der Waals surface area contributed by atoms with E-state index in [9.17, 15) is 5.11 Å². The Balaban J connectivity index is 1.60. The molecule has 0 aliphatic heterocycles. The van der Waals surface area contributed by atoms with Gasteiger partial charge in [-0.2, -0.15) is 0 Å². The average Bonchev–Trinajstić information content (AvgIpc) is 3.11. The van der Waals surface area contributed by atoms with Crippen LogP contribution in [0, 0.1) is 0 Å². The summed E-state index contributed by atoms with van der Waals surface area (Å²) in [6.45, 7) is 0. The van der Waals surface area contributed by atoms with E-state index in [1.54, 1.807) is 11.3 Å². The molecule has 1 aliphatic rings. The number of imidazole rings is 1. The lowest BCUT2D eigenvalue weighted by Crippen LogP contribution is -2.07. The minimum Gasteiger partial charge on any atom is -0.383 e. The third kappa shape index (κ3) is 3.29. The summed E-state index contributed by atoms with van der Waals surface area (Å²) in [6.07, 6.45) is 11.0. The van der Waals surface area contributed by atoms with Crippen molar-refractivity contribution < 1.29 is 5.11 Å². The molecule has 1 N–H and O–H groups in total. The first-order valence-electron chi connectivity index (χ1n) is 9.25. The van der Waals surface area contributed by atoms with Crippen molar-refractivity contribution in [1.82, 2.24) is 9.38 Å². The molecule has 0 bridgehead atoms. The predicted molar refractivity (Wildman–Crippen MR) is 109 cm³/mol. The molecule has 0 amide bonds. The number of aliphatic hydroxyl groups excluding tert-OH is 1. The van der Waals surface area contributed by atoms with Crippen molar-refractivity contribution >= 4 is 28.1 Å². The van der Waals surface area contributed by atoms with Gasteiger partial charge in [0.1, 0.15) is 6.10 Å². The van der Waals surface area contributed by atoms with Crippen LogP contribution >= 0.6 is 11.3 Å². The lowest BCUT2D eigenvalue weighted by atomic mass is 10.1. The molecule has 0 spiro atoms. The Morgan fingerprint density at radius 1 is 1.15 bits per heavy atom. The molecule has 0 saturated heterocycles. The normalized spacial score (nSPS) is 16.0. The Morgan fingerprint density at radius 2 is 1.92 bits per heavy atom. The number of aliphatic hydroxyl groups is 1. The molecule has 1 aromatic carbocycles. The fourth-order valence-corrected chi connectivity index (χ4v) is 4.77. The van der Waals surface area contributed by atoms with E-state index in [1.807, 2.05) is 32.4 Å². The fraction of sp³-hybridized carbons (Fsp3) is 0.381. The van der Waals surface area contributed by atoms with Crippen LogP contribution in [0.2, 0.25) is 0 Å². The molecule has 0 fully saturated rings. The van der Waals surface area contributed by atoms with Gasteiger partial charge >= 0.3 is 0 Å². The second-order valence-electron chi connectivity index (χ2n) is 7.12. The number of aromatic nitrogens is 2. The van der Waals surface area contributed by atoms with Gasteiger partial charge in [0.25, 0.3) is 0 Å². The van der Waals surface area contributed by atoms with E-state index >= 15 is 0 Å². The number of rotatable bonds is 4. The quantitative estimate of drug-likeness (QED) is 0.691. The monoisotopic (exact) mass is 367 g/mol. The molecule has 4 rings (SSSR count). The second kappa shape index (κ2) is 7.25. The van der Waals surface area contributed by atoms with Gasteiger partial charge in [-0.15, -0.1) is 11.3 Å². The van der Waals surface area contributed by atoms with E-state index in [2.05, 4.69) is 38.6 Å². The maximum Gasteiger partial charge on any atom is 0.194 e. The summed E-state index contributed by atoms with van der Waals surface area (Å²) in [4.78, 5) is 9.08. The Labute approximate surface area is 158 Å². The van der Waals surface area contributed by atoms with Gasteiger partial charge in [0.2, 0.25) is 0 Å². The molecule has 0 saturated carbocycles. The van der Waals surface area contributed by atoms with E-state index in [0.717, 1.165) is 29.1 Å². The first kappa shape index (κ1) is 17.3. The predicted octanol–water partition coefficient (Wildman–Crippen LogP) is 4.48. The maximum absolute atomic E-state index is 10.8. The molecule has 0 radical (unpaired) electrons. The van der Waals surface area contributed by atoms with Gasteiger partial charge in [-0.05, 0) is 49.5 Å². The Bertz CT molecular complexity index is 921. The van der Waals surface area contributed by atoms with Crippen molar-refractivity contribution in [2.24, 2.45) is 0 Å². The molecule has 5 heteroatoms. The van der Waals surface area contributed by atoms with Crippen molar-refractivity contribution in [3.8, 4) is 0 Å². The summed E-state index contributed by atoms with van der Waals surface area (Å²) < 4.78 is 2.19. The van der Waals surface area contributed by atoms with Crippen molar-refractivity contribution in [3.63, 3.8) is 0 Å². The number of hydrogen-bond donors (Lipinski definition) is 1. The van der Waals surface area contributed by atoms with Gasteiger partial charge in [-0.3, -0.25) is 4.40 Å². The zero-order chi connectivity index (χ0) is 18.1. The molecule has 2 heterocycles. The average molecular weight is 368 g/mol. The van der Waals surface area contributed by atoms with Crippen molar-refractivity contribution in [2.75, 3.05) is 19.0 Å². The van der Waals surface area contributed by atoms with Crippen molar-refractivity contribution in [2.45, 2.75) is 38.2 Å². The summed E-state index contributed by atoms with van der Waals surface area (Å²) in [6, 6.07) is 8.31. The van der Waals surface area contributed by atoms with Crippen LogP contribution in [0.4, 0.5) is 5.69 Å². The largest absolute Gasteiger partial charge is 0.383 e. The number of benzene rings is 1. The number of hydrogen-bond acceptors (Lipinski definition) is 4. The van der Waals surface area contributed by atoms with Crippen LogP contribution < -0.4 is 4.90 Å². The highest BCUT2D eigenvalue weighted by Crippen LogP contribution is 2.32. The van der Waals surface area contributed by atoms with Gasteiger partial charge in [0.05, 0.1) is 11.9 Å². The molecule has 3 aromatic rings. The topological polar surface area (TPSA) is 40.8 Å². The molecule has 1 atom stereocenters. The van der Waals surface area contributed by atoms with E-state index in [1.165, 1.54) is 35.5 Å². The number of fused-ring (bicyclic) bond motifs is 3. The van der Waals surface area contributed by atoms with Crippen LogP contribution in [0.15, 0.2) is 36.5 Å². The van der Waals surface area contributed by atoms with Crippen LogP contribution in [0.1, 0.15) is 47.2 Å². The highest BCUT2D eigenvalue weighted by Gasteiger charge is 2.20. The van der Waals surface area contributed by atoms with E-state index in [0.29, 0.717) is 0 Å². The van der Waals surface area contributed by atoms with Gasteiger partial charge in [-0.25, -0.2) is 4.98 Å². The molecule has 2 aromatic heterocycles. The highest BCUT2D eigenvalue weighted by molar-refractivity contribution is 7.17. The van der Waals surface area contributed by atoms with Crippen LogP contribution in [0.3, 0.4) is 0 Å². The second-order valence-corrected chi connectivity index (χ2v) is 8.19. The fourth-order valence-electron chi connectivity index (χ4n) is 3.58. The van der Waals surface area contributed by atoms with Crippen molar-refractivity contribution in [1.29, 1.82) is 0 Å². The first-order chi connectivity index (χ1) is 12.6. The Morgan fingerprint density at radius 3 is 2.69 bits per heavy atom. The summed E-state index contributed by atoms with van der Waals surface area (Å²) in [7, 11) is 4.06. The maximum atomic E-state index is 10.8. The lowest BCUT2D eigenvalue weighted by molar-refractivity contribution is 0.223. The number of aryl methyl sites for hydroxylation is 2. The zero-order valence-corrected chi connectivity index (χ0v) is 16.2. The molecule has 136 valence electrons. The molecular formula is C21H25N3OS. The van der Waals surface area contributed by atoms with Gasteiger partial charge < -0.3 is 10.0 Å². The molecule has 1 unspecified atom stereocenters. The van der Waals surface area contributed by atoms with Gasteiger partial charge in [0.15, 0.2) is 4.96 Å². The third-order valence-corrected chi connectivity index (χ3v) is 6.22. The zero-order valence-electron chi connectivity index (χ0n) is 15.4. The number of thiazole rings is 1. The van der Waals surface area contributed by atoms with Crippen LogP contribution in [0.5, 0.6) is 0 Å². The van der Waals surface area contributed by atoms with Crippen LogP contribution in [-0.2, 0) is 12.8 Å².